The fraction of sp³-hybridized carbons (Fsp3) is 0.909. The van der Waals surface area contributed by atoms with Crippen molar-refractivity contribution in [1.29, 1.82) is 0 Å². The lowest BCUT2D eigenvalue weighted by molar-refractivity contribution is -0.122. The summed E-state index contributed by atoms with van der Waals surface area (Å²) in [7, 11) is 0.00388. The minimum absolute atomic E-state index is 0.0565. The molecule has 0 aromatic carbocycles. The lowest BCUT2D eigenvalue weighted by atomic mass is 10.2. The highest BCUT2D eigenvalue weighted by Gasteiger charge is 2.37. The fourth-order valence-corrected chi connectivity index (χ4v) is 4.65. The molecule has 0 radical (unpaired) electrons. The summed E-state index contributed by atoms with van der Waals surface area (Å²) in [6.07, 6.45) is -0.676. The molecule has 0 aliphatic carbocycles. The van der Waals surface area contributed by atoms with Crippen LogP contribution < -0.4 is 5.32 Å². The second-order valence-electron chi connectivity index (χ2n) is 5.07. The topological polar surface area (TPSA) is 95.9 Å². The molecule has 2 N–H and O–H groups in total. The van der Waals surface area contributed by atoms with Gasteiger partial charge in [0.05, 0.1) is 42.2 Å². The van der Waals surface area contributed by atoms with Gasteiger partial charge in [0.1, 0.15) is 0 Å². The summed E-state index contributed by atoms with van der Waals surface area (Å²) in [5.41, 5.74) is 0. The molecule has 1 fully saturated rings. The van der Waals surface area contributed by atoms with Gasteiger partial charge < -0.3 is 15.2 Å². The smallest absolute Gasteiger partial charge is 0.234 e. The summed E-state index contributed by atoms with van der Waals surface area (Å²) in [6, 6.07) is -0.550. The third kappa shape index (κ3) is 5.92. The van der Waals surface area contributed by atoms with E-state index in [4.69, 9.17) is 16.3 Å². The molecule has 3 atom stereocenters. The van der Waals surface area contributed by atoms with Gasteiger partial charge in [0, 0.05) is 13.7 Å². The van der Waals surface area contributed by atoms with Gasteiger partial charge in [-0.15, -0.1) is 11.6 Å². The monoisotopic (exact) mass is 328 g/mol. The van der Waals surface area contributed by atoms with E-state index in [1.54, 1.807) is 11.9 Å². The molecule has 3 unspecified atom stereocenters. The fourth-order valence-electron chi connectivity index (χ4n) is 2.10. The molecule has 7 nitrogen and oxygen atoms in total. The second kappa shape index (κ2) is 7.56. The van der Waals surface area contributed by atoms with Gasteiger partial charge in [-0.3, -0.25) is 9.69 Å². The SMILES string of the molecule is COCC(O)CN(C)CC(=O)NC1CS(=O)(=O)CC1Cl. The maximum absolute atomic E-state index is 11.8. The van der Waals surface area contributed by atoms with Crippen LogP contribution in [0.2, 0.25) is 0 Å². The number of ether oxygens (including phenoxy) is 1. The first kappa shape index (κ1) is 17.6. The second-order valence-corrected chi connectivity index (χ2v) is 7.79. The van der Waals surface area contributed by atoms with Gasteiger partial charge in [-0.1, -0.05) is 0 Å². The molecule has 0 aromatic heterocycles. The minimum Gasteiger partial charge on any atom is -0.389 e. The average molecular weight is 329 g/mol. The predicted molar refractivity (Wildman–Crippen MR) is 75.6 cm³/mol. The van der Waals surface area contributed by atoms with Crippen molar-refractivity contribution in [3.63, 3.8) is 0 Å². The number of hydrogen-bond donors (Lipinski definition) is 2. The first-order chi connectivity index (χ1) is 9.23. The van der Waals surface area contributed by atoms with Crippen LogP contribution in [-0.2, 0) is 19.4 Å². The van der Waals surface area contributed by atoms with Crippen LogP contribution in [0.1, 0.15) is 0 Å². The summed E-state index contributed by atoms with van der Waals surface area (Å²) < 4.78 is 27.6. The molecule has 1 aliphatic heterocycles. The van der Waals surface area contributed by atoms with E-state index in [2.05, 4.69) is 5.32 Å². The lowest BCUT2D eigenvalue weighted by Crippen LogP contribution is -2.46. The number of sulfone groups is 1. The van der Waals surface area contributed by atoms with Crippen LogP contribution in [-0.4, -0.2) is 87.2 Å². The summed E-state index contributed by atoms with van der Waals surface area (Å²) in [6.45, 7) is 0.534. The van der Waals surface area contributed by atoms with E-state index in [0.29, 0.717) is 0 Å². The molecule has 20 heavy (non-hydrogen) atoms. The molecule has 1 heterocycles. The van der Waals surface area contributed by atoms with Crippen LogP contribution in [0, 0.1) is 0 Å². The number of nitrogens with zero attached hydrogens (tertiary/aromatic N) is 1. The molecule has 1 amide bonds. The number of likely N-dealkylation sites (N-methyl/N-ethyl adjacent to an activating group) is 1. The molecule has 1 saturated heterocycles. The van der Waals surface area contributed by atoms with Gasteiger partial charge in [-0.05, 0) is 7.05 Å². The Hall–Kier alpha value is -0.410. The average Bonchev–Trinajstić information content (AvgIpc) is 2.50. The number of alkyl halides is 1. The number of carbonyl (C=O) groups is 1. The van der Waals surface area contributed by atoms with Crippen molar-refractivity contribution >= 4 is 27.3 Å². The highest BCUT2D eigenvalue weighted by Crippen LogP contribution is 2.17. The Morgan fingerprint density at radius 2 is 2.20 bits per heavy atom. The van der Waals surface area contributed by atoms with Crippen LogP contribution in [0.15, 0.2) is 0 Å². The molecule has 1 aliphatic rings. The summed E-state index contributed by atoms with van der Waals surface area (Å²) >= 11 is 5.90. The molecule has 118 valence electrons. The molecular formula is C11H21ClN2O5S. The molecule has 0 saturated carbocycles. The van der Waals surface area contributed by atoms with Crippen LogP contribution in [0.5, 0.6) is 0 Å². The van der Waals surface area contributed by atoms with Crippen LogP contribution in [0.3, 0.4) is 0 Å². The predicted octanol–water partition coefficient (Wildman–Crippen LogP) is -1.55. The molecule has 0 spiro atoms. The Kier molecular flexibility index (Phi) is 6.67. The summed E-state index contributed by atoms with van der Waals surface area (Å²) in [4.78, 5) is 13.4. The number of carbonyl (C=O) groups excluding carboxylic acids is 1. The normalized spacial score (nSPS) is 26.6. The third-order valence-electron chi connectivity index (χ3n) is 2.92. The van der Waals surface area contributed by atoms with E-state index in [9.17, 15) is 18.3 Å². The maximum Gasteiger partial charge on any atom is 0.234 e. The Labute approximate surface area is 124 Å². The quantitative estimate of drug-likeness (QED) is 0.549. The van der Waals surface area contributed by atoms with Gasteiger partial charge >= 0.3 is 0 Å². The van der Waals surface area contributed by atoms with E-state index in [0.717, 1.165) is 0 Å². The number of methoxy groups -OCH3 is 1. The minimum atomic E-state index is -3.16. The lowest BCUT2D eigenvalue weighted by Gasteiger charge is -2.21. The molecular weight excluding hydrogens is 308 g/mol. The van der Waals surface area contributed by atoms with E-state index in [-0.39, 0.29) is 37.1 Å². The number of aliphatic hydroxyl groups is 1. The first-order valence-electron chi connectivity index (χ1n) is 6.23. The van der Waals surface area contributed by atoms with Crippen LogP contribution >= 0.6 is 11.6 Å². The van der Waals surface area contributed by atoms with Crippen LogP contribution in [0.25, 0.3) is 0 Å². The number of halogens is 1. The highest BCUT2D eigenvalue weighted by molar-refractivity contribution is 7.91. The zero-order valence-electron chi connectivity index (χ0n) is 11.6. The van der Waals surface area contributed by atoms with Crippen molar-refractivity contribution in [3.05, 3.63) is 0 Å². The van der Waals surface area contributed by atoms with E-state index < -0.39 is 27.4 Å². The van der Waals surface area contributed by atoms with Gasteiger partial charge in [-0.25, -0.2) is 8.42 Å². The summed E-state index contributed by atoms with van der Waals surface area (Å²) in [5.74, 6) is -0.546. The Balaban J connectivity index is 2.37. The van der Waals surface area contributed by atoms with Crippen molar-refractivity contribution in [2.75, 3.05) is 45.4 Å². The Morgan fingerprint density at radius 3 is 2.70 bits per heavy atom. The molecule has 1 rings (SSSR count). The number of rotatable bonds is 7. The van der Waals surface area contributed by atoms with Crippen molar-refractivity contribution in [2.24, 2.45) is 0 Å². The molecule has 0 aromatic rings. The number of nitrogens with one attached hydrogen (secondary N) is 1. The first-order valence-corrected chi connectivity index (χ1v) is 8.48. The standard InChI is InChI=1S/C11H21ClN2O5S/c1-14(3-8(15)5-19-2)4-11(16)13-10-7-20(17,18)6-9(10)12/h8-10,15H,3-7H2,1-2H3,(H,13,16). The van der Waals surface area contributed by atoms with E-state index in [1.165, 1.54) is 7.11 Å². The summed E-state index contributed by atoms with van der Waals surface area (Å²) in [5, 5.41) is 11.6. The van der Waals surface area contributed by atoms with Crippen molar-refractivity contribution in [1.82, 2.24) is 10.2 Å². The third-order valence-corrected chi connectivity index (χ3v) is 5.30. The van der Waals surface area contributed by atoms with Crippen LogP contribution in [0.4, 0.5) is 0 Å². The van der Waals surface area contributed by atoms with Gasteiger partial charge in [0.15, 0.2) is 9.84 Å². The number of hydrogen-bond acceptors (Lipinski definition) is 6. The maximum atomic E-state index is 11.8. The van der Waals surface area contributed by atoms with Gasteiger partial charge in [0.2, 0.25) is 5.91 Å². The molecule has 0 bridgehead atoms. The van der Waals surface area contributed by atoms with Crippen molar-refractivity contribution in [3.8, 4) is 0 Å². The number of amides is 1. The zero-order valence-corrected chi connectivity index (χ0v) is 13.2. The zero-order chi connectivity index (χ0) is 15.3. The Bertz CT molecular complexity index is 431. The van der Waals surface area contributed by atoms with Gasteiger partial charge in [-0.2, -0.15) is 0 Å². The van der Waals surface area contributed by atoms with Gasteiger partial charge in [0.25, 0.3) is 0 Å². The van der Waals surface area contributed by atoms with Crippen molar-refractivity contribution < 1.29 is 23.1 Å². The highest BCUT2D eigenvalue weighted by atomic mass is 35.5. The Morgan fingerprint density at radius 1 is 1.55 bits per heavy atom. The van der Waals surface area contributed by atoms with Crippen molar-refractivity contribution in [2.45, 2.75) is 17.5 Å². The van der Waals surface area contributed by atoms with E-state index in [1.807, 2.05) is 0 Å². The number of aliphatic hydroxyl groups excluding tert-OH is 1. The largest absolute Gasteiger partial charge is 0.389 e. The van der Waals surface area contributed by atoms with E-state index >= 15 is 0 Å². The molecule has 9 heteroatoms.